The number of hydrogen-bond donors (Lipinski definition) is 2. The van der Waals surface area contributed by atoms with E-state index in [-0.39, 0.29) is 29.3 Å². The van der Waals surface area contributed by atoms with Gasteiger partial charge in [-0.05, 0) is 12.5 Å². The largest absolute Gasteiger partial charge is 0.394 e. The summed E-state index contributed by atoms with van der Waals surface area (Å²) < 4.78 is 0. The van der Waals surface area contributed by atoms with Crippen molar-refractivity contribution < 1.29 is 10.0 Å². The van der Waals surface area contributed by atoms with Gasteiger partial charge in [0.05, 0.1) is 17.6 Å². The summed E-state index contributed by atoms with van der Waals surface area (Å²) in [5, 5.41) is 22.7. The molecule has 0 fully saturated rings. The molecular formula is C9H12ClN3O3. The van der Waals surface area contributed by atoms with Crippen LogP contribution >= 0.6 is 11.6 Å². The number of nitrogens with one attached hydrogen (secondary N) is 1. The van der Waals surface area contributed by atoms with E-state index in [1.807, 2.05) is 6.92 Å². The highest BCUT2D eigenvalue weighted by Gasteiger charge is 2.17. The first-order valence-corrected chi connectivity index (χ1v) is 5.14. The van der Waals surface area contributed by atoms with E-state index in [1.165, 1.54) is 12.1 Å². The average molecular weight is 246 g/mol. The molecule has 0 bridgehead atoms. The number of aliphatic hydroxyl groups excluding tert-OH is 1. The van der Waals surface area contributed by atoms with Crippen molar-refractivity contribution in [1.82, 2.24) is 4.98 Å². The summed E-state index contributed by atoms with van der Waals surface area (Å²) in [6.45, 7) is 1.73. The van der Waals surface area contributed by atoms with Crippen molar-refractivity contribution in [3.05, 3.63) is 27.4 Å². The minimum atomic E-state index is -0.546. The molecule has 2 N–H and O–H groups in total. The number of nitrogens with zero attached hydrogens (tertiary/aromatic N) is 2. The van der Waals surface area contributed by atoms with E-state index < -0.39 is 4.92 Å². The predicted molar refractivity (Wildman–Crippen MR) is 60.7 cm³/mol. The summed E-state index contributed by atoms with van der Waals surface area (Å²) in [4.78, 5) is 14.0. The zero-order valence-electron chi connectivity index (χ0n) is 8.68. The molecule has 6 nitrogen and oxygen atoms in total. The molecule has 16 heavy (non-hydrogen) atoms. The van der Waals surface area contributed by atoms with Gasteiger partial charge < -0.3 is 10.4 Å². The number of aromatic nitrogens is 1. The van der Waals surface area contributed by atoms with E-state index in [1.54, 1.807) is 0 Å². The monoisotopic (exact) mass is 245 g/mol. The van der Waals surface area contributed by atoms with Crippen molar-refractivity contribution in [3.63, 3.8) is 0 Å². The van der Waals surface area contributed by atoms with Crippen molar-refractivity contribution in [3.8, 4) is 0 Å². The molecule has 1 aromatic heterocycles. The maximum Gasteiger partial charge on any atom is 0.311 e. The number of nitro groups is 1. The van der Waals surface area contributed by atoms with E-state index in [2.05, 4.69) is 10.3 Å². The SMILES string of the molecule is CCC(CO)Nc1nc(Cl)ccc1[N+](=O)[O-]. The van der Waals surface area contributed by atoms with Crippen molar-refractivity contribution in [2.24, 2.45) is 0 Å². The Morgan fingerprint density at radius 2 is 2.38 bits per heavy atom. The highest BCUT2D eigenvalue weighted by atomic mass is 35.5. The van der Waals surface area contributed by atoms with Gasteiger partial charge in [-0.25, -0.2) is 4.98 Å². The summed E-state index contributed by atoms with van der Waals surface area (Å²) >= 11 is 5.66. The highest BCUT2D eigenvalue weighted by Crippen LogP contribution is 2.24. The number of pyridine rings is 1. The molecule has 1 unspecified atom stereocenters. The molecule has 0 amide bonds. The van der Waals surface area contributed by atoms with Crippen LogP contribution in [0.5, 0.6) is 0 Å². The van der Waals surface area contributed by atoms with Crippen LogP contribution in [0.25, 0.3) is 0 Å². The summed E-state index contributed by atoms with van der Waals surface area (Å²) in [6.07, 6.45) is 0.627. The minimum absolute atomic E-state index is 0.0819. The van der Waals surface area contributed by atoms with Gasteiger partial charge >= 0.3 is 5.69 Å². The number of rotatable bonds is 5. The van der Waals surface area contributed by atoms with Crippen LogP contribution in [-0.2, 0) is 0 Å². The fourth-order valence-corrected chi connectivity index (χ4v) is 1.30. The van der Waals surface area contributed by atoms with Crippen LogP contribution in [0.1, 0.15) is 13.3 Å². The topological polar surface area (TPSA) is 88.3 Å². The number of hydrogen-bond acceptors (Lipinski definition) is 5. The Kier molecular flexibility index (Phi) is 4.45. The molecule has 0 spiro atoms. The van der Waals surface area contributed by atoms with Gasteiger partial charge in [0.1, 0.15) is 5.15 Å². The van der Waals surface area contributed by atoms with E-state index in [4.69, 9.17) is 16.7 Å². The maximum absolute atomic E-state index is 10.7. The lowest BCUT2D eigenvalue weighted by Crippen LogP contribution is -2.23. The Balaban J connectivity index is 3.00. The average Bonchev–Trinajstić information content (AvgIpc) is 2.25. The molecule has 1 heterocycles. The zero-order chi connectivity index (χ0) is 12.1. The van der Waals surface area contributed by atoms with Crippen LogP contribution in [0.2, 0.25) is 5.15 Å². The zero-order valence-corrected chi connectivity index (χ0v) is 9.44. The van der Waals surface area contributed by atoms with Gasteiger partial charge in [-0.3, -0.25) is 10.1 Å². The quantitative estimate of drug-likeness (QED) is 0.469. The first kappa shape index (κ1) is 12.7. The van der Waals surface area contributed by atoms with Crippen LogP contribution in [-0.4, -0.2) is 27.7 Å². The summed E-state index contributed by atoms with van der Waals surface area (Å²) in [5.74, 6) is 0.0819. The molecule has 88 valence electrons. The second-order valence-corrected chi connectivity index (χ2v) is 3.58. The normalized spacial score (nSPS) is 12.2. The predicted octanol–water partition coefficient (Wildman–Crippen LogP) is 1.83. The van der Waals surface area contributed by atoms with Crippen LogP contribution in [0, 0.1) is 10.1 Å². The Morgan fingerprint density at radius 1 is 1.69 bits per heavy atom. The van der Waals surface area contributed by atoms with Crippen LogP contribution in [0.4, 0.5) is 11.5 Å². The molecule has 0 aliphatic carbocycles. The van der Waals surface area contributed by atoms with Gasteiger partial charge in [-0.15, -0.1) is 0 Å². The van der Waals surface area contributed by atoms with Gasteiger partial charge in [0.2, 0.25) is 5.82 Å². The van der Waals surface area contributed by atoms with Crippen LogP contribution in [0.3, 0.4) is 0 Å². The molecule has 0 saturated carbocycles. The van der Waals surface area contributed by atoms with Crippen LogP contribution in [0.15, 0.2) is 12.1 Å². The van der Waals surface area contributed by atoms with Gasteiger partial charge in [0.25, 0.3) is 0 Å². The maximum atomic E-state index is 10.7. The van der Waals surface area contributed by atoms with Crippen molar-refractivity contribution in [1.29, 1.82) is 0 Å². The molecule has 0 aliphatic rings. The van der Waals surface area contributed by atoms with Gasteiger partial charge in [0, 0.05) is 6.07 Å². The first-order valence-electron chi connectivity index (χ1n) is 4.76. The summed E-state index contributed by atoms with van der Waals surface area (Å²) in [5.41, 5.74) is -0.156. The second kappa shape index (κ2) is 5.62. The second-order valence-electron chi connectivity index (χ2n) is 3.19. The fourth-order valence-electron chi connectivity index (χ4n) is 1.15. The Morgan fingerprint density at radius 3 is 2.88 bits per heavy atom. The Hall–Kier alpha value is -1.40. The lowest BCUT2D eigenvalue weighted by molar-refractivity contribution is -0.384. The number of halogens is 1. The van der Waals surface area contributed by atoms with Gasteiger partial charge in [-0.2, -0.15) is 0 Å². The van der Waals surface area contributed by atoms with Gasteiger partial charge in [-0.1, -0.05) is 18.5 Å². The third-order valence-corrected chi connectivity index (χ3v) is 2.30. The molecule has 0 aliphatic heterocycles. The standard InChI is InChI=1S/C9H12ClN3O3/c1-2-6(5-14)11-9-7(13(15)16)3-4-8(10)12-9/h3-4,6,14H,2,5H2,1H3,(H,11,12). The first-order chi connectivity index (χ1) is 7.58. The molecule has 1 rings (SSSR count). The number of anilines is 1. The van der Waals surface area contributed by atoms with E-state index >= 15 is 0 Å². The highest BCUT2D eigenvalue weighted by molar-refractivity contribution is 6.29. The molecule has 1 aromatic rings. The van der Waals surface area contributed by atoms with E-state index in [0.29, 0.717) is 6.42 Å². The lowest BCUT2D eigenvalue weighted by atomic mass is 10.2. The van der Waals surface area contributed by atoms with Crippen molar-refractivity contribution >= 4 is 23.1 Å². The number of aliphatic hydroxyl groups is 1. The Bertz CT molecular complexity index is 382. The molecule has 0 radical (unpaired) electrons. The van der Waals surface area contributed by atoms with Crippen molar-refractivity contribution in [2.45, 2.75) is 19.4 Å². The molecule has 7 heteroatoms. The smallest absolute Gasteiger partial charge is 0.311 e. The molecule has 0 saturated heterocycles. The van der Waals surface area contributed by atoms with Gasteiger partial charge in [0.15, 0.2) is 0 Å². The molecule has 1 atom stereocenters. The third kappa shape index (κ3) is 3.04. The lowest BCUT2D eigenvalue weighted by Gasteiger charge is -2.14. The Labute approximate surface area is 97.4 Å². The van der Waals surface area contributed by atoms with Crippen LogP contribution < -0.4 is 5.32 Å². The van der Waals surface area contributed by atoms with E-state index in [9.17, 15) is 10.1 Å². The fraction of sp³-hybridized carbons (Fsp3) is 0.444. The molecule has 0 aromatic carbocycles. The van der Waals surface area contributed by atoms with E-state index in [0.717, 1.165) is 0 Å². The van der Waals surface area contributed by atoms with Crippen molar-refractivity contribution in [2.75, 3.05) is 11.9 Å². The minimum Gasteiger partial charge on any atom is -0.394 e. The molecular weight excluding hydrogens is 234 g/mol. The summed E-state index contributed by atoms with van der Waals surface area (Å²) in [7, 11) is 0. The summed E-state index contributed by atoms with van der Waals surface area (Å²) in [6, 6.07) is 2.36. The third-order valence-electron chi connectivity index (χ3n) is 2.09.